The molecule has 12 rings (SSSR count). The number of anilines is 3. The van der Waals surface area contributed by atoms with Crippen molar-refractivity contribution in [2.75, 3.05) is 4.90 Å². The average molecular weight is 623 g/mol. The molecule has 0 amide bonds. The highest BCUT2D eigenvalue weighted by molar-refractivity contribution is 6.33. The molecule has 0 radical (unpaired) electrons. The smallest absolute Gasteiger partial charge is 0.146 e. The number of para-hydroxylation sites is 5. The van der Waals surface area contributed by atoms with Crippen LogP contribution in [0, 0.1) is 0 Å². The van der Waals surface area contributed by atoms with Gasteiger partial charge in [-0.3, -0.25) is 4.40 Å². The van der Waals surface area contributed by atoms with Crippen molar-refractivity contribution in [2.24, 2.45) is 0 Å². The molecule has 4 nitrogen and oxygen atoms in total. The summed E-state index contributed by atoms with van der Waals surface area (Å²) < 4.78 is 4.90. The van der Waals surface area contributed by atoms with E-state index in [0.29, 0.717) is 0 Å². The van der Waals surface area contributed by atoms with Gasteiger partial charge in [-0.2, -0.15) is 0 Å². The van der Waals surface area contributed by atoms with Crippen LogP contribution in [0.15, 0.2) is 158 Å². The maximum atomic E-state index is 5.64. The Morgan fingerprint density at radius 2 is 1.04 bits per heavy atom. The summed E-state index contributed by atoms with van der Waals surface area (Å²) in [5.41, 5.74) is 11.4. The van der Waals surface area contributed by atoms with E-state index in [0.717, 1.165) is 33.7 Å². The van der Waals surface area contributed by atoms with Gasteiger partial charge < -0.3 is 9.30 Å². The van der Waals surface area contributed by atoms with Crippen LogP contribution in [0.1, 0.15) is 0 Å². The molecule has 0 atom stereocenters. The molecule has 0 aliphatic heterocycles. The quantitative estimate of drug-likeness (QED) is 0.196. The van der Waals surface area contributed by atoms with E-state index in [9.17, 15) is 0 Å². The van der Waals surface area contributed by atoms with E-state index in [-0.39, 0.29) is 0 Å². The van der Waals surface area contributed by atoms with Gasteiger partial charge in [0.05, 0.1) is 38.8 Å². The molecule has 5 aromatic heterocycles. The first-order chi connectivity index (χ1) is 24.3. The second kappa shape index (κ2) is 9.03. The van der Waals surface area contributed by atoms with Crippen LogP contribution in [0.5, 0.6) is 0 Å². The van der Waals surface area contributed by atoms with Gasteiger partial charge in [-0.1, -0.05) is 109 Å². The van der Waals surface area contributed by atoms with Gasteiger partial charge in [-0.05, 0) is 59.3 Å². The number of benzene rings is 7. The summed E-state index contributed by atoms with van der Waals surface area (Å²) in [6.07, 6.45) is 0. The highest BCUT2D eigenvalue weighted by Crippen LogP contribution is 2.48. The highest BCUT2D eigenvalue weighted by Gasteiger charge is 2.27. The second-order valence-electron chi connectivity index (χ2n) is 13.2. The Hall–Kier alpha value is -6.65. The highest BCUT2D eigenvalue weighted by atomic mass is 15.2. The molecule has 0 aliphatic carbocycles. The molecule has 0 aliphatic rings. The van der Waals surface area contributed by atoms with Crippen molar-refractivity contribution in [1.29, 1.82) is 0 Å². The predicted molar refractivity (Wildman–Crippen MR) is 206 cm³/mol. The summed E-state index contributed by atoms with van der Waals surface area (Å²) in [4.78, 5) is 8.03. The number of hydrogen-bond acceptors (Lipinski definition) is 2. The first-order valence-electron chi connectivity index (χ1n) is 16.8. The zero-order valence-corrected chi connectivity index (χ0v) is 26.3. The molecule has 12 aromatic rings. The molecule has 0 bridgehead atoms. The van der Waals surface area contributed by atoms with Gasteiger partial charge in [0.1, 0.15) is 5.65 Å². The van der Waals surface area contributed by atoms with Crippen molar-refractivity contribution < 1.29 is 0 Å². The van der Waals surface area contributed by atoms with E-state index < -0.39 is 0 Å². The predicted octanol–water partition coefficient (Wildman–Crippen LogP) is 12.0. The Labute approximate surface area is 279 Å². The maximum Gasteiger partial charge on any atom is 0.146 e. The van der Waals surface area contributed by atoms with Crippen molar-refractivity contribution in [1.82, 2.24) is 13.8 Å². The van der Waals surface area contributed by atoms with Crippen LogP contribution in [0.4, 0.5) is 17.1 Å². The Bertz CT molecular complexity index is 3220. The van der Waals surface area contributed by atoms with Gasteiger partial charge in [-0.25, -0.2) is 4.98 Å². The lowest BCUT2D eigenvalue weighted by Gasteiger charge is -2.26. The maximum absolute atomic E-state index is 5.64. The van der Waals surface area contributed by atoms with Crippen molar-refractivity contribution in [2.45, 2.75) is 0 Å². The third-order valence-corrected chi connectivity index (χ3v) is 10.7. The SMILES string of the molecule is c1ccc(N(c2ccccc2)c2cccc3c4c5ccccc5cc5c6nc7c(cc6n(c23)c54)c2cccc3c4ccccc4n7c32)cc1. The summed E-state index contributed by atoms with van der Waals surface area (Å²) in [6.45, 7) is 0. The minimum atomic E-state index is 1.01. The first kappa shape index (κ1) is 25.4. The summed E-state index contributed by atoms with van der Waals surface area (Å²) in [5, 5.41) is 11.1. The zero-order valence-electron chi connectivity index (χ0n) is 26.3. The number of rotatable bonds is 3. The lowest BCUT2D eigenvalue weighted by molar-refractivity contribution is 1.26. The molecule has 0 unspecified atom stereocenters. The molecule has 0 spiro atoms. The molecule has 0 N–H and O–H groups in total. The van der Waals surface area contributed by atoms with Crippen molar-refractivity contribution in [3.63, 3.8) is 0 Å². The van der Waals surface area contributed by atoms with Crippen LogP contribution in [0.2, 0.25) is 0 Å². The van der Waals surface area contributed by atoms with E-state index in [1.54, 1.807) is 0 Å². The third kappa shape index (κ3) is 3.12. The first-order valence-corrected chi connectivity index (χ1v) is 16.8. The number of aromatic nitrogens is 3. The summed E-state index contributed by atoms with van der Waals surface area (Å²) in [5.74, 6) is 0. The summed E-state index contributed by atoms with van der Waals surface area (Å²) >= 11 is 0. The molecule has 5 heterocycles. The Kier molecular flexibility index (Phi) is 4.69. The molecule has 0 saturated carbocycles. The van der Waals surface area contributed by atoms with Gasteiger partial charge in [-0.15, -0.1) is 0 Å². The molecular formula is C45H26N4. The minimum Gasteiger partial charge on any atom is -0.308 e. The second-order valence-corrected chi connectivity index (χ2v) is 13.2. The molecule has 4 heteroatoms. The van der Waals surface area contributed by atoms with Crippen molar-refractivity contribution >= 4 is 104 Å². The molecular weight excluding hydrogens is 597 g/mol. The minimum absolute atomic E-state index is 1.01. The standard InChI is InChI=1S/C45H26N4/c1-3-14-28(15-4-1)47(29-16-5-2-6-17-29)38-24-12-22-34-40-30-18-8-7-13-27(30)25-36-41-39(48(43(34)38)44(36)40)26-35-33-21-11-20-32-31-19-9-10-23-37(31)49(42(32)33)45(35)46-41/h1-26H. The van der Waals surface area contributed by atoms with Crippen LogP contribution in [-0.4, -0.2) is 13.8 Å². The van der Waals surface area contributed by atoms with Crippen LogP contribution in [-0.2, 0) is 0 Å². The average Bonchev–Trinajstić information content (AvgIpc) is 3.88. The van der Waals surface area contributed by atoms with Crippen LogP contribution in [0.3, 0.4) is 0 Å². The van der Waals surface area contributed by atoms with Gasteiger partial charge in [0, 0.05) is 49.1 Å². The molecule has 0 fully saturated rings. The fraction of sp³-hybridized carbons (Fsp3) is 0. The lowest BCUT2D eigenvalue weighted by atomic mass is 10.0. The van der Waals surface area contributed by atoms with Crippen molar-refractivity contribution in [3.8, 4) is 0 Å². The molecule has 49 heavy (non-hydrogen) atoms. The molecule has 0 saturated heterocycles. The Balaban J connectivity index is 1.32. The number of pyridine rings is 1. The van der Waals surface area contributed by atoms with Crippen LogP contribution in [0.25, 0.3) is 87.2 Å². The van der Waals surface area contributed by atoms with Gasteiger partial charge in [0.15, 0.2) is 0 Å². The van der Waals surface area contributed by atoms with Crippen molar-refractivity contribution in [3.05, 3.63) is 158 Å². The van der Waals surface area contributed by atoms with Crippen LogP contribution >= 0.6 is 0 Å². The number of nitrogens with zero attached hydrogens (tertiary/aromatic N) is 4. The van der Waals surface area contributed by atoms with Crippen LogP contribution < -0.4 is 4.90 Å². The molecule has 226 valence electrons. The van der Waals surface area contributed by atoms with Gasteiger partial charge in [0.2, 0.25) is 0 Å². The summed E-state index contributed by atoms with van der Waals surface area (Å²) in [7, 11) is 0. The normalized spacial score (nSPS) is 12.5. The number of fused-ring (bicyclic) bond motifs is 14. The Morgan fingerprint density at radius 1 is 0.408 bits per heavy atom. The van der Waals surface area contributed by atoms with E-state index in [4.69, 9.17) is 4.98 Å². The van der Waals surface area contributed by atoms with E-state index >= 15 is 0 Å². The fourth-order valence-electron chi connectivity index (χ4n) is 8.79. The third-order valence-electron chi connectivity index (χ3n) is 10.7. The summed E-state index contributed by atoms with van der Waals surface area (Å²) in [6, 6.07) is 57.2. The Morgan fingerprint density at radius 3 is 1.84 bits per heavy atom. The zero-order chi connectivity index (χ0) is 31.8. The fourth-order valence-corrected chi connectivity index (χ4v) is 8.79. The van der Waals surface area contributed by atoms with E-state index in [1.807, 2.05) is 0 Å². The van der Waals surface area contributed by atoms with E-state index in [2.05, 4.69) is 171 Å². The lowest BCUT2D eigenvalue weighted by Crippen LogP contribution is -2.10. The number of hydrogen-bond donors (Lipinski definition) is 0. The monoisotopic (exact) mass is 622 g/mol. The molecule has 7 aromatic carbocycles. The topological polar surface area (TPSA) is 25.0 Å². The van der Waals surface area contributed by atoms with E-state index in [1.165, 1.54) is 70.5 Å². The largest absolute Gasteiger partial charge is 0.308 e. The van der Waals surface area contributed by atoms with Gasteiger partial charge in [0.25, 0.3) is 0 Å². The van der Waals surface area contributed by atoms with Gasteiger partial charge >= 0.3 is 0 Å².